The number of Topliss-reactive ketones (excluding diaryl/α,β-unsaturated/α-hetero) is 1. The zero-order chi connectivity index (χ0) is 13.8. The van der Waals surface area contributed by atoms with Gasteiger partial charge in [0.1, 0.15) is 0 Å². The van der Waals surface area contributed by atoms with E-state index in [-0.39, 0.29) is 5.78 Å². The van der Waals surface area contributed by atoms with Crippen LogP contribution in [-0.2, 0) is 6.42 Å². The Balaban J connectivity index is 2.09. The van der Waals surface area contributed by atoms with Crippen LogP contribution in [0, 0.1) is 0 Å². The number of rotatable bonds is 5. The maximum absolute atomic E-state index is 12.1. The van der Waals surface area contributed by atoms with Crippen molar-refractivity contribution in [2.24, 2.45) is 0 Å². The number of anilines is 1. The van der Waals surface area contributed by atoms with Crippen molar-refractivity contribution in [2.75, 3.05) is 5.73 Å². The summed E-state index contributed by atoms with van der Waals surface area (Å²) in [5, 5.41) is 4.43. The third-order valence-corrected chi connectivity index (χ3v) is 3.26. The molecule has 2 N–H and O–H groups in total. The van der Waals surface area contributed by atoms with Crippen molar-refractivity contribution >= 4 is 11.5 Å². The first-order valence-electron chi connectivity index (χ1n) is 6.53. The Morgan fingerprint density at radius 1 is 1.42 bits per heavy atom. The minimum Gasteiger partial charge on any atom is -0.399 e. The Kier molecular flexibility index (Phi) is 4.00. The van der Waals surface area contributed by atoms with Gasteiger partial charge in [-0.25, -0.2) is 0 Å². The normalized spacial score (nSPS) is 12.3. The fourth-order valence-electron chi connectivity index (χ4n) is 1.88. The first-order chi connectivity index (χ1) is 9.10. The van der Waals surface area contributed by atoms with Gasteiger partial charge in [0, 0.05) is 23.5 Å². The number of ketones is 1. The van der Waals surface area contributed by atoms with Crippen molar-refractivity contribution in [1.82, 2.24) is 9.78 Å². The van der Waals surface area contributed by atoms with Crippen LogP contribution < -0.4 is 5.73 Å². The van der Waals surface area contributed by atoms with Gasteiger partial charge in [-0.3, -0.25) is 9.48 Å². The van der Waals surface area contributed by atoms with Crippen molar-refractivity contribution in [1.29, 1.82) is 0 Å². The number of nitrogens with zero attached hydrogens (tertiary/aromatic N) is 2. The van der Waals surface area contributed by atoms with Crippen LogP contribution in [0.3, 0.4) is 0 Å². The topological polar surface area (TPSA) is 60.9 Å². The van der Waals surface area contributed by atoms with Gasteiger partial charge in [0.2, 0.25) is 0 Å². The molecule has 19 heavy (non-hydrogen) atoms. The average Bonchev–Trinajstić information content (AvgIpc) is 2.86. The summed E-state index contributed by atoms with van der Waals surface area (Å²) in [4.78, 5) is 12.1. The monoisotopic (exact) mass is 257 g/mol. The van der Waals surface area contributed by atoms with Crippen LogP contribution >= 0.6 is 0 Å². The molecule has 0 aliphatic carbocycles. The van der Waals surface area contributed by atoms with E-state index in [4.69, 9.17) is 5.73 Å². The van der Waals surface area contributed by atoms with Crippen LogP contribution in [0.5, 0.6) is 0 Å². The molecule has 1 aromatic carbocycles. The molecule has 0 saturated heterocycles. The van der Waals surface area contributed by atoms with E-state index in [2.05, 4.69) is 18.9 Å². The van der Waals surface area contributed by atoms with Crippen molar-refractivity contribution in [3.63, 3.8) is 0 Å². The molecule has 0 fully saturated rings. The number of hydrogen-bond donors (Lipinski definition) is 1. The Morgan fingerprint density at radius 3 is 2.89 bits per heavy atom. The first kappa shape index (κ1) is 13.3. The van der Waals surface area contributed by atoms with Crippen LogP contribution in [0.1, 0.15) is 42.4 Å². The molecule has 4 nitrogen and oxygen atoms in total. The number of nitrogens with two attached hydrogens (primary N) is 1. The van der Waals surface area contributed by atoms with E-state index in [0.29, 0.717) is 23.7 Å². The lowest BCUT2D eigenvalue weighted by Crippen LogP contribution is -2.08. The zero-order valence-electron chi connectivity index (χ0n) is 11.3. The lowest BCUT2D eigenvalue weighted by Gasteiger charge is -2.08. The smallest absolute Gasteiger partial charge is 0.168 e. The maximum Gasteiger partial charge on any atom is 0.168 e. The predicted octanol–water partition coefficient (Wildman–Crippen LogP) is 2.86. The lowest BCUT2D eigenvalue weighted by atomic mass is 10.1. The van der Waals surface area contributed by atoms with Gasteiger partial charge in [-0.1, -0.05) is 19.1 Å². The molecule has 0 radical (unpaired) electrons. The quantitative estimate of drug-likeness (QED) is 0.661. The minimum absolute atomic E-state index is 0.0432. The molecule has 1 heterocycles. The van der Waals surface area contributed by atoms with Crippen molar-refractivity contribution in [3.8, 4) is 0 Å². The Hall–Kier alpha value is -2.10. The van der Waals surface area contributed by atoms with E-state index in [1.165, 1.54) is 0 Å². The standard InChI is InChI=1S/C15H19N3O/c1-3-11(2)18-8-7-14(17-18)10-15(19)12-5-4-6-13(16)9-12/h4-9,11H,3,10,16H2,1-2H3. The van der Waals surface area contributed by atoms with E-state index < -0.39 is 0 Å². The summed E-state index contributed by atoms with van der Waals surface area (Å²) in [6, 6.07) is 9.31. The molecule has 1 atom stereocenters. The number of aromatic nitrogens is 2. The molecule has 1 aromatic heterocycles. The van der Waals surface area contributed by atoms with Gasteiger partial charge in [-0.05, 0) is 31.5 Å². The number of benzene rings is 1. The maximum atomic E-state index is 12.1. The molecule has 0 aliphatic heterocycles. The molecule has 100 valence electrons. The molecule has 0 bridgehead atoms. The van der Waals surface area contributed by atoms with E-state index in [1.54, 1.807) is 24.3 Å². The molecule has 2 aromatic rings. The highest BCUT2D eigenvalue weighted by Crippen LogP contribution is 2.12. The molecule has 4 heteroatoms. The summed E-state index contributed by atoms with van der Waals surface area (Å²) < 4.78 is 1.90. The van der Waals surface area contributed by atoms with Crippen LogP contribution in [0.4, 0.5) is 5.69 Å². The van der Waals surface area contributed by atoms with Crippen LogP contribution in [0.25, 0.3) is 0 Å². The zero-order valence-corrected chi connectivity index (χ0v) is 11.3. The fraction of sp³-hybridized carbons (Fsp3) is 0.333. The number of hydrogen-bond acceptors (Lipinski definition) is 3. The minimum atomic E-state index is 0.0432. The Morgan fingerprint density at radius 2 is 2.21 bits per heavy atom. The number of carbonyl (C=O) groups excluding carboxylic acids is 1. The second-order valence-electron chi connectivity index (χ2n) is 4.77. The largest absolute Gasteiger partial charge is 0.399 e. The SMILES string of the molecule is CCC(C)n1ccc(CC(=O)c2cccc(N)c2)n1. The molecule has 0 spiro atoms. The first-order valence-corrected chi connectivity index (χ1v) is 6.53. The summed E-state index contributed by atoms with van der Waals surface area (Å²) in [5.41, 5.74) is 7.72. The van der Waals surface area contributed by atoms with Crippen LogP contribution in [0.15, 0.2) is 36.5 Å². The van der Waals surface area contributed by atoms with E-state index in [9.17, 15) is 4.79 Å². The highest BCUT2D eigenvalue weighted by molar-refractivity contribution is 5.97. The molecular weight excluding hydrogens is 238 g/mol. The van der Waals surface area contributed by atoms with E-state index in [1.807, 2.05) is 16.9 Å². The molecule has 2 rings (SSSR count). The van der Waals surface area contributed by atoms with Gasteiger partial charge in [-0.2, -0.15) is 5.10 Å². The third kappa shape index (κ3) is 3.22. The fourth-order valence-corrected chi connectivity index (χ4v) is 1.88. The van der Waals surface area contributed by atoms with Gasteiger partial charge < -0.3 is 5.73 Å². The summed E-state index contributed by atoms with van der Waals surface area (Å²) >= 11 is 0. The molecule has 1 unspecified atom stereocenters. The Bertz CT molecular complexity index is 574. The molecular formula is C15H19N3O. The van der Waals surface area contributed by atoms with Gasteiger partial charge in [0.15, 0.2) is 5.78 Å². The van der Waals surface area contributed by atoms with Crippen LogP contribution in [0.2, 0.25) is 0 Å². The summed E-state index contributed by atoms with van der Waals surface area (Å²) in [7, 11) is 0. The second-order valence-corrected chi connectivity index (χ2v) is 4.77. The summed E-state index contributed by atoms with van der Waals surface area (Å²) in [5.74, 6) is 0.0432. The van der Waals surface area contributed by atoms with E-state index in [0.717, 1.165) is 12.1 Å². The average molecular weight is 257 g/mol. The van der Waals surface area contributed by atoms with Gasteiger partial charge in [0.25, 0.3) is 0 Å². The second kappa shape index (κ2) is 5.69. The number of nitrogen functional groups attached to an aromatic ring is 1. The lowest BCUT2D eigenvalue weighted by molar-refractivity contribution is 0.0991. The van der Waals surface area contributed by atoms with Crippen molar-refractivity contribution < 1.29 is 4.79 Å². The summed E-state index contributed by atoms with van der Waals surface area (Å²) in [6.07, 6.45) is 3.26. The van der Waals surface area contributed by atoms with E-state index >= 15 is 0 Å². The van der Waals surface area contributed by atoms with Crippen molar-refractivity contribution in [3.05, 3.63) is 47.8 Å². The molecule has 0 amide bonds. The number of carbonyl (C=O) groups is 1. The van der Waals surface area contributed by atoms with Gasteiger partial charge >= 0.3 is 0 Å². The highest BCUT2D eigenvalue weighted by atomic mass is 16.1. The Labute approximate surface area is 113 Å². The highest BCUT2D eigenvalue weighted by Gasteiger charge is 2.11. The summed E-state index contributed by atoms with van der Waals surface area (Å²) in [6.45, 7) is 4.22. The van der Waals surface area contributed by atoms with Crippen LogP contribution in [-0.4, -0.2) is 15.6 Å². The van der Waals surface area contributed by atoms with Crippen molar-refractivity contribution in [2.45, 2.75) is 32.7 Å². The van der Waals surface area contributed by atoms with Gasteiger partial charge in [0.05, 0.1) is 12.1 Å². The third-order valence-electron chi connectivity index (χ3n) is 3.26. The molecule has 0 saturated carbocycles. The molecule has 0 aliphatic rings. The van der Waals surface area contributed by atoms with Gasteiger partial charge in [-0.15, -0.1) is 0 Å². The predicted molar refractivity (Wildman–Crippen MR) is 76.1 cm³/mol.